The molecule has 2 rings (SSSR count). The lowest BCUT2D eigenvalue weighted by Gasteiger charge is -2.32. The van der Waals surface area contributed by atoms with Gasteiger partial charge in [-0.05, 0) is 30.8 Å². The number of amides is 1. The van der Waals surface area contributed by atoms with Crippen LogP contribution in [0.5, 0.6) is 0 Å². The van der Waals surface area contributed by atoms with E-state index in [2.05, 4.69) is 4.90 Å². The number of nitrogens with zero attached hydrogens (tertiary/aromatic N) is 3. The zero-order valence-electron chi connectivity index (χ0n) is 11.8. The predicted octanol–water partition coefficient (Wildman–Crippen LogP) is 1.93. The van der Waals surface area contributed by atoms with Gasteiger partial charge in [0.05, 0.1) is 0 Å². The van der Waals surface area contributed by atoms with E-state index < -0.39 is 0 Å². The molecule has 6 heteroatoms. The molecule has 0 atom stereocenters. The van der Waals surface area contributed by atoms with Crippen molar-refractivity contribution in [1.82, 2.24) is 9.80 Å². The molecule has 1 heterocycles. The quantitative estimate of drug-likeness (QED) is 0.619. The summed E-state index contributed by atoms with van der Waals surface area (Å²) < 4.78 is 12.8. The van der Waals surface area contributed by atoms with Gasteiger partial charge in [0.15, 0.2) is 0 Å². The van der Waals surface area contributed by atoms with Gasteiger partial charge >= 0.3 is 0 Å². The lowest BCUT2D eigenvalue weighted by atomic mass is 10.1. The van der Waals surface area contributed by atoms with Crippen LogP contribution in [0.1, 0.15) is 5.56 Å². The van der Waals surface area contributed by atoms with Gasteiger partial charge in [-0.2, -0.15) is 5.26 Å². The summed E-state index contributed by atoms with van der Waals surface area (Å²) in [5.74, 6) is -0.601. The number of benzene rings is 1. The molecule has 0 bridgehead atoms. The van der Waals surface area contributed by atoms with Crippen molar-refractivity contribution < 1.29 is 9.18 Å². The molecule has 1 fully saturated rings. The largest absolute Gasteiger partial charge is 0.335 e. The van der Waals surface area contributed by atoms with Crippen molar-refractivity contribution in [2.45, 2.75) is 0 Å². The molecule has 0 aliphatic carbocycles. The summed E-state index contributed by atoms with van der Waals surface area (Å²) in [5.41, 5.74) is 0.728. The Morgan fingerprint density at radius 3 is 2.33 bits per heavy atom. The van der Waals surface area contributed by atoms with Crippen LogP contribution in [0, 0.1) is 17.1 Å². The van der Waals surface area contributed by atoms with Crippen LogP contribution in [0.4, 0.5) is 4.39 Å². The fourth-order valence-electron chi connectivity index (χ4n) is 2.05. The van der Waals surface area contributed by atoms with Crippen molar-refractivity contribution in [2.75, 3.05) is 33.2 Å². The van der Waals surface area contributed by atoms with Crippen molar-refractivity contribution in [3.63, 3.8) is 0 Å². The topological polar surface area (TPSA) is 47.3 Å². The fourth-order valence-corrected chi connectivity index (χ4v) is 2.05. The minimum Gasteiger partial charge on any atom is -0.335 e. The summed E-state index contributed by atoms with van der Waals surface area (Å²) in [6, 6.07) is 7.64. The summed E-state index contributed by atoms with van der Waals surface area (Å²) in [4.78, 5) is 16.1. The van der Waals surface area contributed by atoms with Gasteiger partial charge in [0, 0.05) is 26.2 Å². The van der Waals surface area contributed by atoms with Crippen LogP contribution < -0.4 is 0 Å². The fraction of sp³-hybridized carbons (Fsp3) is 0.333. The van der Waals surface area contributed by atoms with E-state index in [9.17, 15) is 9.18 Å². The molecule has 1 aliphatic rings. The Bertz CT molecular complexity index is 557. The number of piperazine rings is 1. The monoisotopic (exact) mass is 309 g/mol. The molecule has 1 amide bonds. The second-order valence-corrected chi connectivity index (χ2v) is 4.82. The van der Waals surface area contributed by atoms with E-state index in [1.807, 2.05) is 13.1 Å². The second kappa shape index (κ2) is 7.77. The maximum Gasteiger partial charge on any atom is 0.264 e. The molecule has 0 aromatic heterocycles. The summed E-state index contributed by atoms with van der Waals surface area (Å²) in [6.45, 7) is 2.86. The molecule has 0 N–H and O–H groups in total. The number of hydrogen-bond acceptors (Lipinski definition) is 3. The molecular formula is C15H17ClFN3O. The molecule has 0 unspecified atom stereocenters. The Morgan fingerprint density at radius 2 is 1.81 bits per heavy atom. The van der Waals surface area contributed by atoms with Crippen LogP contribution in [0.2, 0.25) is 0 Å². The normalized spacial score (nSPS) is 16.0. The molecule has 1 aromatic rings. The number of hydrogen-bond donors (Lipinski definition) is 0. The van der Waals surface area contributed by atoms with Gasteiger partial charge < -0.3 is 9.80 Å². The molecule has 1 aliphatic heterocycles. The van der Waals surface area contributed by atoms with Gasteiger partial charge in [-0.15, -0.1) is 12.4 Å². The van der Waals surface area contributed by atoms with Gasteiger partial charge in [-0.1, -0.05) is 12.1 Å². The summed E-state index contributed by atoms with van der Waals surface area (Å²) in [6.07, 6.45) is 1.50. The van der Waals surface area contributed by atoms with E-state index in [0.717, 1.165) is 13.1 Å². The molecule has 0 saturated carbocycles. The molecular weight excluding hydrogens is 293 g/mol. The maximum absolute atomic E-state index is 12.8. The number of likely N-dealkylation sites (N-methyl/N-ethyl adjacent to an activating group) is 1. The third kappa shape index (κ3) is 4.55. The average Bonchev–Trinajstić information content (AvgIpc) is 2.47. The highest BCUT2D eigenvalue weighted by Crippen LogP contribution is 2.11. The van der Waals surface area contributed by atoms with Crippen LogP contribution in [-0.2, 0) is 4.79 Å². The van der Waals surface area contributed by atoms with E-state index >= 15 is 0 Å². The SMILES string of the molecule is CN1CCN(C(=O)C(C#N)=Cc2ccc(F)cc2)CC1.Cl. The standard InChI is InChI=1S/C15H16FN3O.ClH/c1-18-6-8-19(9-7-18)15(20)13(11-17)10-12-2-4-14(16)5-3-12;/h2-5,10H,6-9H2,1H3;1H. The summed E-state index contributed by atoms with van der Waals surface area (Å²) >= 11 is 0. The summed E-state index contributed by atoms with van der Waals surface area (Å²) in [5, 5.41) is 9.14. The number of rotatable bonds is 2. The van der Waals surface area contributed by atoms with Crippen molar-refractivity contribution in [3.8, 4) is 6.07 Å². The number of carbonyl (C=O) groups excluding carboxylic acids is 1. The lowest BCUT2D eigenvalue weighted by Crippen LogP contribution is -2.47. The first-order valence-corrected chi connectivity index (χ1v) is 6.45. The van der Waals surface area contributed by atoms with Crippen LogP contribution in [0.3, 0.4) is 0 Å². The van der Waals surface area contributed by atoms with Gasteiger partial charge in [0.1, 0.15) is 17.5 Å². The Kier molecular flexibility index (Phi) is 6.35. The predicted molar refractivity (Wildman–Crippen MR) is 81.3 cm³/mol. The Labute approximate surface area is 129 Å². The van der Waals surface area contributed by atoms with Crippen molar-refractivity contribution >= 4 is 24.4 Å². The van der Waals surface area contributed by atoms with Crippen LogP contribution in [-0.4, -0.2) is 48.9 Å². The van der Waals surface area contributed by atoms with Gasteiger partial charge in [0.25, 0.3) is 5.91 Å². The average molecular weight is 310 g/mol. The van der Waals surface area contributed by atoms with E-state index in [1.54, 1.807) is 17.0 Å². The molecule has 1 aromatic carbocycles. The van der Waals surface area contributed by atoms with Gasteiger partial charge in [-0.3, -0.25) is 4.79 Å². The highest BCUT2D eigenvalue weighted by molar-refractivity contribution is 6.01. The number of halogens is 2. The first-order chi connectivity index (χ1) is 9.60. The third-order valence-corrected chi connectivity index (χ3v) is 3.32. The van der Waals surface area contributed by atoms with Gasteiger partial charge in [-0.25, -0.2) is 4.39 Å². The first-order valence-electron chi connectivity index (χ1n) is 6.45. The maximum atomic E-state index is 12.8. The minimum atomic E-state index is -0.342. The lowest BCUT2D eigenvalue weighted by molar-refractivity contribution is -0.128. The highest BCUT2D eigenvalue weighted by Gasteiger charge is 2.21. The smallest absolute Gasteiger partial charge is 0.264 e. The zero-order valence-corrected chi connectivity index (χ0v) is 12.6. The van der Waals surface area contributed by atoms with Crippen LogP contribution in [0.15, 0.2) is 29.8 Å². The minimum absolute atomic E-state index is 0. The number of carbonyl (C=O) groups is 1. The van der Waals surface area contributed by atoms with E-state index in [-0.39, 0.29) is 29.7 Å². The highest BCUT2D eigenvalue weighted by atomic mass is 35.5. The molecule has 0 spiro atoms. The zero-order chi connectivity index (χ0) is 14.5. The Hall–Kier alpha value is -1.90. The molecule has 1 saturated heterocycles. The second-order valence-electron chi connectivity index (χ2n) is 4.82. The van der Waals surface area contributed by atoms with Gasteiger partial charge in [0.2, 0.25) is 0 Å². The van der Waals surface area contributed by atoms with Crippen LogP contribution >= 0.6 is 12.4 Å². The van der Waals surface area contributed by atoms with E-state index in [0.29, 0.717) is 18.7 Å². The van der Waals surface area contributed by atoms with Crippen molar-refractivity contribution in [2.24, 2.45) is 0 Å². The van der Waals surface area contributed by atoms with Crippen LogP contribution in [0.25, 0.3) is 6.08 Å². The molecule has 4 nitrogen and oxygen atoms in total. The first kappa shape index (κ1) is 17.2. The molecule has 21 heavy (non-hydrogen) atoms. The third-order valence-electron chi connectivity index (χ3n) is 3.32. The molecule has 112 valence electrons. The molecule has 0 radical (unpaired) electrons. The van der Waals surface area contributed by atoms with Crippen molar-refractivity contribution in [3.05, 3.63) is 41.2 Å². The Morgan fingerprint density at radius 1 is 1.24 bits per heavy atom. The Balaban J connectivity index is 0.00000220. The number of nitriles is 1. The van der Waals surface area contributed by atoms with E-state index in [1.165, 1.54) is 18.2 Å². The van der Waals surface area contributed by atoms with Crippen molar-refractivity contribution in [1.29, 1.82) is 5.26 Å². The summed E-state index contributed by atoms with van der Waals surface area (Å²) in [7, 11) is 2.00. The van der Waals surface area contributed by atoms with E-state index in [4.69, 9.17) is 5.26 Å².